The second-order valence-corrected chi connectivity index (χ2v) is 4.63. The van der Waals surface area contributed by atoms with E-state index in [0.717, 1.165) is 12.8 Å². The van der Waals surface area contributed by atoms with Crippen LogP contribution in [0.15, 0.2) is 24.3 Å². The second-order valence-electron chi connectivity index (χ2n) is 4.63. The van der Waals surface area contributed by atoms with E-state index in [-0.39, 0.29) is 17.6 Å². The lowest BCUT2D eigenvalue weighted by atomic mass is 10.00. The Labute approximate surface area is 111 Å². The van der Waals surface area contributed by atoms with Crippen molar-refractivity contribution in [2.45, 2.75) is 25.3 Å². The summed E-state index contributed by atoms with van der Waals surface area (Å²) in [5.74, 6) is -0.735. The summed E-state index contributed by atoms with van der Waals surface area (Å²) in [5, 5.41) is 2.59. The van der Waals surface area contributed by atoms with Crippen molar-refractivity contribution in [3.63, 3.8) is 0 Å². The molecule has 5 heteroatoms. The van der Waals surface area contributed by atoms with Gasteiger partial charge in [0.05, 0.1) is 0 Å². The Morgan fingerprint density at radius 3 is 2.58 bits per heavy atom. The number of likely N-dealkylation sites (tertiary alicyclic amines) is 1. The van der Waals surface area contributed by atoms with Crippen LogP contribution in [0.2, 0.25) is 0 Å². The van der Waals surface area contributed by atoms with Gasteiger partial charge in [-0.25, -0.2) is 4.39 Å². The number of carbonyl (C=O) groups excluding carboxylic acids is 2. The third-order valence-corrected chi connectivity index (χ3v) is 3.40. The summed E-state index contributed by atoms with van der Waals surface area (Å²) < 4.78 is 12.9. The molecule has 1 N–H and O–H groups in total. The third kappa shape index (κ3) is 2.92. The normalized spacial score (nSPS) is 19.1. The standard InChI is InChI=1S/C14H17FN2O2/c1-16-13(18)12-4-2-3-9-17(12)14(19)10-5-7-11(15)8-6-10/h5-8,12H,2-4,9H2,1H3,(H,16,18). The van der Waals surface area contributed by atoms with Crippen LogP contribution in [0.5, 0.6) is 0 Å². The smallest absolute Gasteiger partial charge is 0.254 e. The molecule has 1 unspecified atom stereocenters. The Hall–Kier alpha value is -1.91. The number of nitrogens with one attached hydrogen (secondary N) is 1. The van der Waals surface area contributed by atoms with Crippen molar-refractivity contribution < 1.29 is 14.0 Å². The zero-order valence-electron chi connectivity index (χ0n) is 10.9. The maximum Gasteiger partial charge on any atom is 0.254 e. The van der Waals surface area contributed by atoms with Gasteiger partial charge in [0.15, 0.2) is 0 Å². The molecule has 1 aromatic rings. The fourth-order valence-corrected chi connectivity index (χ4v) is 2.37. The predicted molar refractivity (Wildman–Crippen MR) is 69.1 cm³/mol. The molecule has 1 atom stereocenters. The molecule has 4 nitrogen and oxygen atoms in total. The molecule has 1 fully saturated rings. The molecule has 2 amide bonds. The van der Waals surface area contributed by atoms with Crippen LogP contribution in [0.1, 0.15) is 29.6 Å². The lowest BCUT2D eigenvalue weighted by Gasteiger charge is -2.34. The van der Waals surface area contributed by atoms with Crippen LogP contribution < -0.4 is 5.32 Å². The highest BCUT2D eigenvalue weighted by Crippen LogP contribution is 2.20. The summed E-state index contributed by atoms with van der Waals surface area (Å²) in [4.78, 5) is 25.7. The first-order valence-corrected chi connectivity index (χ1v) is 6.41. The van der Waals surface area contributed by atoms with Gasteiger partial charge in [0, 0.05) is 19.2 Å². The van der Waals surface area contributed by atoms with E-state index in [4.69, 9.17) is 0 Å². The van der Waals surface area contributed by atoms with E-state index in [1.54, 1.807) is 11.9 Å². The minimum absolute atomic E-state index is 0.143. The molecule has 19 heavy (non-hydrogen) atoms. The zero-order chi connectivity index (χ0) is 13.8. The van der Waals surface area contributed by atoms with Crippen molar-refractivity contribution in [3.05, 3.63) is 35.6 Å². The van der Waals surface area contributed by atoms with E-state index in [1.807, 2.05) is 0 Å². The molecule has 2 rings (SSSR count). The predicted octanol–water partition coefficient (Wildman–Crippen LogP) is 1.57. The van der Waals surface area contributed by atoms with Crippen LogP contribution in [0.4, 0.5) is 4.39 Å². The van der Waals surface area contributed by atoms with Crippen molar-refractivity contribution in [3.8, 4) is 0 Å². The first-order valence-electron chi connectivity index (χ1n) is 6.41. The van der Waals surface area contributed by atoms with Gasteiger partial charge in [-0.3, -0.25) is 9.59 Å². The maximum absolute atomic E-state index is 12.9. The minimum Gasteiger partial charge on any atom is -0.357 e. The van der Waals surface area contributed by atoms with E-state index in [2.05, 4.69) is 5.32 Å². The van der Waals surface area contributed by atoms with Crippen molar-refractivity contribution >= 4 is 11.8 Å². The number of nitrogens with zero attached hydrogens (tertiary/aromatic N) is 1. The van der Waals surface area contributed by atoms with Gasteiger partial charge in [-0.05, 0) is 43.5 Å². The number of piperidine rings is 1. The number of rotatable bonds is 2. The first kappa shape index (κ1) is 13.5. The summed E-state index contributed by atoms with van der Waals surface area (Å²) in [6, 6.07) is 5.00. The number of likely N-dealkylation sites (N-methyl/N-ethyl adjacent to an activating group) is 1. The van der Waals surface area contributed by atoms with Gasteiger partial charge in [0.1, 0.15) is 11.9 Å². The number of halogens is 1. The highest BCUT2D eigenvalue weighted by molar-refractivity contribution is 5.97. The van der Waals surface area contributed by atoms with E-state index in [0.29, 0.717) is 18.5 Å². The lowest BCUT2D eigenvalue weighted by molar-refractivity contribution is -0.126. The summed E-state index contributed by atoms with van der Waals surface area (Å²) in [6.45, 7) is 0.564. The quantitative estimate of drug-likeness (QED) is 0.881. The van der Waals surface area contributed by atoms with Crippen molar-refractivity contribution in [2.75, 3.05) is 13.6 Å². The Bertz CT molecular complexity index is 473. The van der Waals surface area contributed by atoms with Gasteiger partial charge in [-0.15, -0.1) is 0 Å². The highest BCUT2D eigenvalue weighted by Gasteiger charge is 2.31. The zero-order valence-corrected chi connectivity index (χ0v) is 10.9. The molecule has 0 bridgehead atoms. The monoisotopic (exact) mass is 264 g/mol. The number of hydrogen-bond acceptors (Lipinski definition) is 2. The molecule has 1 heterocycles. The lowest BCUT2D eigenvalue weighted by Crippen LogP contribution is -2.51. The molecule has 1 aliphatic heterocycles. The van der Waals surface area contributed by atoms with Crippen molar-refractivity contribution in [2.24, 2.45) is 0 Å². The molecule has 0 saturated carbocycles. The summed E-state index contributed by atoms with van der Waals surface area (Å²) in [5.41, 5.74) is 0.414. The van der Waals surface area contributed by atoms with Crippen LogP contribution in [0, 0.1) is 5.82 Å². The van der Waals surface area contributed by atoms with Gasteiger partial charge < -0.3 is 10.2 Å². The SMILES string of the molecule is CNC(=O)C1CCCCN1C(=O)c1ccc(F)cc1. The Morgan fingerprint density at radius 2 is 1.95 bits per heavy atom. The number of hydrogen-bond donors (Lipinski definition) is 1. The topological polar surface area (TPSA) is 49.4 Å². The van der Waals surface area contributed by atoms with Gasteiger partial charge >= 0.3 is 0 Å². The summed E-state index contributed by atoms with van der Waals surface area (Å²) in [7, 11) is 1.57. The van der Waals surface area contributed by atoms with E-state index in [1.165, 1.54) is 24.3 Å². The van der Waals surface area contributed by atoms with Crippen LogP contribution in [0.25, 0.3) is 0 Å². The Balaban J connectivity index is 2.20. The third-order valence-electron chi connectivity index (χ3n) is 3.40. The van der Waals surface area contributed by atoms with Gasteiger partial charge in [0.25, 0.3) is 5.91 Å². The van der Waals surface area contributed by atoms with Gasteiger partial charge in [-0.2, -0.15) is 0 Å². The fraction of sp³-hybridized carbons (Fsp3) is 0.429. The Kier molecular flexibility index (Phi) is 4.14. The highest BCUT2D eigenvalue weighted by atomic mass is 19.1. The molecule has 1 aliphatic rings. The molecule has 102 valence electrons. The molecule has 0 aromatic heterocycles. The first-order chi connectivity index (χ1) is 9.13. The minimum atomic E-state index is -0.420. The van der Waals surface area contributed by atoms with E-state index < -0.39 is 6.04 Å². The van der Waals surface area contributed by atoms with Crippen LogP contribution in [-0.4, -0.2) is 36.3 Å². The average Bonchev–Trinajstić information content (AvgIpc) is 2.46. The largest absolute Gasteiger partial charge is 0.357 e. The number of amides is 2. The van der Waals surface area contributed by atoms with Gasteiger partial charge in [0.2, 0.25) is 5.91 Å². The van der Waals surface area contributed by atoms with Crippen LogP contribution in [0.3, 0.4) is 0 Å². The maximum atomic E-state index is 12.9. The van der Waals surface area contributed by atoms with Crippen LogP contribution in [-0.2, 0) is 4.79 Å². The molecule has 0 spiro atoms. The second kappa shape index (κ2) is 5.82. The van der Waals surface area contributed by atoms with Crippen molar-refractivity contribution in [1.82, 2.24) is 10.2 Å². The molecular weight excluding hydrogens is 247 g/mol. The van der Waals surface area contributed by atoms with Crippen LogP contribution >= 0.6 is 0 Å². The summed E-state index contributed by atoms with van der Waals surface area (Å²) >= 11 is 0. The molecule has 1 aromatic carbocycles. The van der Waals surface area contributed by atoms with E-state index >= 15 is 0 Å². The molecule has 0 radical (unpaired) electrons. The summed E-state index contributed by atoms with van der Waals surface area (Å²) in [6.07, 6.45) is 2.50. The number of benzene rings is 1. The van der Waals surface area contributed by atoms with E-state index in [9.17, 15) is 14.0 Å². The molecule has 1 saturated heterocycles. The van der Waals surface area contributed by atoms with Crippen molar-refractivity contribution in [1.29, 1.82) is 0 Å². The average molecular weight is 264 g/mol. The Morgan fingerprint density at radius 1 is 1.26 bits per heavy atom. The number of carbonyl (C=O) groups is 2. The fourth-order valence-electron chi connectivity index (χ4n) is 2.37. The molecular formula is C14H17FN2O2. The molecule has 0 aliphatic carbocycles. The van der Waals surface area contributed by atoms with Gasteiger partial charge in [-0.1, -0.05) is 0 Å².